The summed E-state index contributed by atoms with van der Waals surface area (Å²) in [5, 5.41) is 12.6. The van der Waals surface area contributed by atoms with Gasteiger partial charge < -0.3 is 10.4 Å². The highest BCUT2D eigenvalue weighted by atomic mass is 16.3. The van der Waals surface area contributed by atoms with Gasteiger partial charge in [-0.1, -0.05) is 5.92 Å². The van der Waals surface area contributed by atoms with Gasteiger partial charge in [-0.05, 0) is 32.6 Å². The molecule has 0 unspecified atom stereocenters. The fraction of sp³-hybridized carbons (Fsp3) is 0.800. The first-order valence-electron chi connectivity index (χ1n) is 4.64. The molecule has 0 spiro atoms. The molecule has 68 valence electrons. The van der Waals surface area contributed by atoms with Crippen LogP contribution in [0.25, 0.3) is 0 Å². The van der Waals surface area contributed by atoms with E-state index in [2.05, 4.69) is 17.2 Å². The molecule has 2 nitrogen and oxygen atoms in total. The lowest BCUT2D eigenvalue weighted by Gasteiger charge is -2.25. The van der Waals surface area contributed by atoms with Crippen LogP contribution in [0.15, 0.2) is 0 Å². The van der Waals surface area contributed by atoms with Gasteiger partial charge in [-0.25, -0.2) is 0 Å². The zero-order chi connectivity index (χ0) is 8.81. The minimum Gasteiger partial charge on any atom is -0.393 e. The smallest absolute Gasteiger partial charge is 0.0578 e. The first kappa shape index (κ1) is 9.57. The Balaban J connectivity index is 2.12. The SMILES string of the molecule is CC#CCNC1CCC(O)CC1. The van der Waals surface area contributed by atoms with Crippen molar-refractivity contribution in [1.29, 1.82) is 0 Å². The summed E-state index contributed by atoms with van der Waals surface area (Å²) < 4.78 is 0. The van der Waals surface area contributed by atoms with Gasteiger partial charge in [0.25, 0.3) is 0 Å². The number of aliphatic hydroxyl groups excluding tert-OH is 1. The molecule has 1 aliphatic rings. The van der Waals surface area contributed by atoms with E-state index in [-0.39, 0.29) is 6.10 Å². The molecule has 0 radical (unpaired) electrons. The van der Waals surface area contributed by atoms with E-state index in [0.717, 1.165) is 32.2 Å². The van der Waals surface area contributed by atoms with Crippen LogP contribution < -0.4 is 5.32 Å². The molecule has 0 aromatic rings. The van der Waals surface area contributed by atoms with Crippen molar-refractivity contribution in [2.45, 2.75) is 44.8 Å². The molecule has 2 heteroatoms. The summed E-state index contributed by atoms with van der Waals surface area (Å²) in [6, 6.07) is 0.578. The second-order valence-corrected chi connectivity index (χ2v) is 3.31. The van der Waals surface area contributed by atoms with Crippen LogP contribution in [0.5, 0.6) is 0 Å². The van der Waals surface area contributed by atoms with Crippen molar-refractivity contribution < 1.29 is 5.11 Å². The summed E-state index contributed by atoms with van der Waals surface area (Å²) in [6.45, 7) is 2.64. The Morgan fingerprint density at radius 3 is 2.58 bits per heavy atom. The van der Waals surface area contributed by atoms with Gasteiger partial charge in [0.05, 0.1) is 12.6 Å². The second kappa shape index (κ2) is 5.18. The number of hydrogen-bond acceptors (Lipinski definition) is 2. The van der Waals surface area contributed by atoms with Crippen LogP contribution in [0.1, 0.15) is 32.6 Å². The van der Waals surface area contributed by atoms with Gasteiger partial charge in [0.2, 0.25) is 0 Å². The van der Waals surface area contributed by atoms with Crippen molar-refractivity contribution in [3.63, 3.8) is 0 Å². The molecule has 12 heavy (non-hydrogen) atoms. The summed E-state index contributed by atoms with van der Waals surface area (Å²) in [7, 11) is 0. The minimum atomic E-state index is -0.0553. The summed E-state index contributed by atoms with van der Waals surface area (Å²) >= 11 is 0. The van der Waals surface area contributed by atoms with Crippen molar-refractivity contribution >= 4 is 0 Å². The van der Waals surface area contributed by atoms with Crippen molar-refractivity contribution in [3.05, 3.63) is 0 Å². The molecule has 1 saturated carbocycles. The molecule has 0 atom stereocenters. The van der Waals surface area contributed by atoms with Gasteiger partial charge in [0, 0.05) is 6.04 Å². The molecule has 1 fully saturated rings. The highest BCUT2D eigenvalue weighted by molar-refractivity contribution is 4.97. The molecule has 1 rings (SSSR count). The lowest BCUT2D eigenvalue weighted by atomic mass is 9.93. The Hall–Kier alpha value is -0.520. The van der Waals surface area contributed by atoms with E-state index in [1.54, 1.807) is 0 Å². The lowest BCUT2D eigenvalue weighted by molar-refractivity contribution is 0.117. The average Bonchev–Trinajstić information content (AvgIpc) is 2.09. The summed E-state index contributed by atoms with van der Waals surface area (Å²) in [5.74, 6) is 5.84. The Kier molecular flexibility index (Phi) is 4.13. The standard InChI is InChI=1S/C10H17NO/c1-2-3-8-11-9-4-6-10(12)7-5-9/h9-12H,4-8H2,1H3. The fourth-order valence-corrected chi connectivity index (χ4v) is 1.56. The normalized spacial score (nSPS) is 29.2. The average molecular weight is 167 g/mol. The highest BCUT2D eigenvalue weighted by Gasteiger charge is 2.17. The van der Waals surface area contributed by atoms with E-state index < -0.39 is 0 Å². The third kappa shape index (κ3) is 3.25. The maximum absolute atomic E-state index is 9.24. The molecule has 0 aromatic heterocycles. The fourth-order valence-electron chi connectivity index (χ4n) is 1.56. The summed E-state index contributed by atoms with van der Waals surface area (Å²) in [5.41, 5.74) is 0. The van der Waals surface area contributed by atoms with Gasteiger partial charge >= 0.3 is 0 Å². The molecule has 0 bridgehead atoms. The highest BCUT2D eigenvalue weighted by Crippen LogP contribution is 2.17. The predicted molar refractivity (Wildman–Crippen MR) is 49.7 cm³/mol. The quantitative estimate of drug-likeness (QED) is 0.599. The monoisotopic (exact) mass is 167 g/mol. The maximum Gasteiger partial charge on any atom is 0.0578 e. The predicted octanol–water partition coefficient (Wildman–Crippen LogP) is 0.903. The maximum atomic E-state index is 9.24. The number of nitrogens with one attached hydrogen (secondary N) is 1. The Morgan fingerprint density at radius 2 is 2.00 bits per heavy atom. The first-order chi connectivity index (χ1) is 5.83. The largest absolute Gasteiger partial charge is 0.393 e. The first-order valence-corrected chi connectivity index (χ1v) is 4.64. The molecule has 0 amide bonds. The zero-order valence-corrected chi connectivity index (χ0v) is 7.64. The molecular weight excluding hydrogens is 150 g/mol. The van der Waals surface area contributed by atoms with Crippen molar-refractivity contribution in [1.82, 2.24) is 5.32 Å². The van der Waals surface area contributed by atoms with E-state index in [4.69, 9.17) is 0 Å². The molecule has 0 aliphatic heterocycles. The topological polar surface area (TPSA) is 32.3 Å². The molecule has 0 saturated heterocycles. The number of hydrogen-bond donors (Lipinski definition) is 2. The summed E-state index contributed by atoms with van der Waals surface area (Å²) in [4.78, 5) is 0. The lowest BCUT2D eigenvalue weighted by Crippen LogP contribution is -2.34. The van der Waals surface area contributed by atoms with Crippen LogP contribution in [0, 0.1) is 11.8 Å². The third-order valence-corrected chi connectivity index (χ3v) is 2.35. The van der Waals surface area contributed by atoms with E-state index in [1.165, 1.54) is 0 Å². The van der Waals surface area contributed by atoms with Gasteiger partial charge in [-0.15, -0.1) is 5.92 Å². The Bertz CT molecular complexity index is 172. The zero-order valence-electron chi connectivity index (χ0n) is 7.64. The molecule has 0 heterocycles. The van der Waals surface area contributed by atoms with Crippen LogP contribution >= 0.6 is 0 Å². The number of aliphatic hydroxyl groups is 1. The van der Waals surface area contributed by atoms with Crippen LogP contribution in [0.3, 0.4) is 0 Å². The molecule has 0 aromatic carbocycles. The van der Waals surface area contributed by atoms with Crippen LogP contribution in [0.4, 0.5) is 0 Å². The van der Waals surface area contributed by atoms with E-state index in [1.807, 2.05) is 6.92 Å². The second-order valence-electron chi connectivity index (χ2n) is 3.31. The minimum absolute atomic E-state index is 0.0553. The van der Waals surface area contributed by atoms with Gasteiger partial charge in [-0.3, -0.25) is 0 Å². The third-order valence-electron chi connectivity index (χ3n) is 2.35. The van der Waals surface area contributed by atoms with Gasteiger partial charge in [0.15, 0.2) is 0 Å². The van der Waals surface area contributed by atoms with Crippen LogP contribution in [-0.2, 0) is 0 Å². The van der Waals surface area contributed by atoms with Gasteiger partial charge in [0.1, 0.15) is 0 Å². The van der Waals surface area contributed by atoms with Crippen molar-refractivity contribution in [3.8, 4) is 11.8 Å². The van der Waals surface area contributed by atoms with E-state index in [9.17, 15) is 5.11 Å². The molecule has 2 N–H and O–H groups in total. The Morgan fingerprint density at radius 1 is 1.33 bits per heavy atom. The Labute approximate surface area is 74.4 Å². The van der Waals surface area contributed by atoms with Gasteiger partial charge in [-0.2, -0.15) is 0 Å². The molecular formula is C10H17NO. The molecule has 1 aliphatic carbocycles. The summed E-state index contributed by atoms with van der Waals surface area (Å²) in [6.07, 6.45) is 4.01. The van der Waals surface area contributed by atoms with Crippen molar-refractivity contribution in [2.24, 2.45) is 0 Å². The van der Waals surface area contributed by atoms with E-state index in [0.29, 0.717) is 6.04 Å². The van der Waals surface area contributed by atoms with Crippen LogP contribution in [-0.4, -0.2) is 23.8 Å². The van der Waals surface area contributed by atoms with Crippen molar-refractivity contribution in [2.75, 3.05) is 6.54 Å². The number of rotatable bonds is 2. The van der Waals surface area contributed by atoms with Crippen LogP contribution in [0.2, 0.25) is 0 Å². The van der Waals surface area contributed by atoms with E-state index >= 15 is 0 Å².